The second-order valence-electron chi connectivity index (χ2n) is 13.2. The number of ether oxygens (including phenoxy) is 1. The largest absolute Gasteiger partial charge is 0.508 e. The van der Waals surface area contributed by atoms with Gasteiger partial charge in [-0.3, -0.25) is 24.1 Å². The number of anilines is 1. The highest BCUT2D eigenvalue weighted by Crippen LogP contribution is 2.64. The van der Waals surface area contributed by atoms with Gasteiger partial charge in [0.15, 0.2) is 11.6 Å². The molecule has 4 aromatic carbocycles. The molecule has 8 heteroatoms. The highest BCUT2D eigenvalue weighted by atomic mass is 35.5. The standard InChI is InChI=1S/C41H32ClNO6/c1-49-34-20-27(44)16-17-29(34)37-28-18-19-30-36(40(48)43(39(30)47)26-14-12-25(42)13-15-26)32(28)21-33-38(46)31(23-8-4-2-5-9-23)22-35(45)41(33,37)24-10-6-3-7-11-24/h2-18,20,22,30,32-33,36-37,44H,19,21H2,1H3. The average molecular weight is 670 g/mol. The van der Waals surface area contributed by atoms with Crippen molar-refractivity contribution in [3.05, 3.63) is 143 Å². The van der Waals surface area contributed by atoms with Gasteiger partial charge in [0.2, 0.25) is 11.8 Å². The Kier molecular flexibility index (Phi) is 7.41. The Labute approximate surface area is 288 Å². The second-order valence-corrected chi connectivity index (χ2v) is 13.6. The molecule has 1 saturated carbocycles. The van der Waals surface area contributed by atoms with Crippen LogP contribution in [0, 0.1) is 23.7 Å². The average Bonchev–Trinajstić information content (AvgIpc) is 3.39. The van der Waals surface area contributed by atoms with Gasteiger partial charge in [-0.2, -0.15) is 0 Å². The third kappa shape index (κ3) is 4.56. The number of halogens is 1. The van der Waals surface area contributed by atoms with E-state index in [4.69, 9.17) is 16.3 Å². The molecule has 49 heavy (non-hydrogen) atoms. The molecule has 1 saturated heterocycles. The number of hydrogen-bond acceptors (Lipinski definition) is 6. The van der Waals surface area contributed by atoms with Crippen LogP contribution in [0.5, 0.6) is 11.5 Å². The number of nitrogens with zero attached hydrogens (tertiary/aromatic N) is 1. The van der Waals surface area contributed by atoms with Crippen LogP contribution in [0.3, 0.4) is 0 Å². The van der Waals surface area contributed by atoms with Crippen LogP contribution in [0.15, 0.2) is 121 Å². The number of ketones is 2. The van der Waals surface area contributed by atoms with E-state index in [2.05, 4.69) is 0 Å². The maximum atomic E-state index is 15.1. The minimum absolute atomic E-state index is 0.0107. The van der Waals surface area contributed by atoms with E-state index in [-0.39, 0.29) is 35.6 Å². The molecule has 4 aromatic rings. The summed E-state index contributed by atoms with van der Waals surface area (Å²) < 4.78 is 5.84. The Balaban J connectivity index is 1.37. The Morgan fingerprint density at radius 1 is 0.837 bits per heavy atom. The van der Waals surface area contributed by atoms with Crippen molar-refractivity contribution < 1.29 is 29.0 Å². The second kappa shape index (κ2) is 11.7. The van der Waals surface area contributed by atoms with Gasteiger partial charge >= 0.3 is 0 Å². The number of rotatable bonds is 5. The molecular formula is C41H32ClNO6. The lowest BCUT2D eigenvalue weighted by Crippen LogP contribution is -2.58. The number of carbonyl (C=O) groups is 4. The first kappa shape index (κ1) is 31.0. The summed E-state index contributed by atoms with van der Waals surface area (Å²) >= 11 is 6.14. The van der Waals surface area contributed by atoms with E-state index >= 15 is 9.59 Å². The summed E-state index contributed by atoms with van der Waals surface area (Å²) in [5.74, 6) is -4.19. The van der Waals surface area contributed by atoms with Crippen LogP contribution in [0.25, 0.3) is 5.57 Å². The van der Waals surface area contributed by atoms with E-state index in [1.807, 2.05) is 66.7 Å². The number of amides is 2. The van der Waals surface area contributed by atoms with Crippen molar-refractivity contribution >= 4 is 46.2 Å². The number of fused-ring (bicyclic) bond motifs is 4. The van der Waals surface area contributed by atoms with E-state index in [0.29, 0.717) is 45.1 Å². The van der Waals surface area contributed by atoms with E-state index in [1.165, 1.54) is 24.2 Å². The maximum absolute atomic E-state index is 15.1. The van der Waals surface area contributed by atoms with Crippen LogP contribution >= 0.6 is 11.6 Å². The Bertz CT molecular complexity index is 2090. The van der Waals surface area contributed by atoms with Crippen molar-refractivity contribution in [2.45, 2.75) is 24.2 Å². The lowest BCUT2D eigenvalue weighted by Gasteiger charge is -2.55. The van der Waals surface area contributed by atoms with E-state index in [1.54, 1.807) is 36.4 Å². The molecule has 1 heterocycles. The first-order chi connectivity index (χ1) is 23.7. The number of phenolic OH excluding ortho intramolecular Hbond substituents is 1. The number of Topliss-reactive ketones (excluding diaryl/α,β-unsaturated/α-hetero) is 1. The molecule has 2 amide bonds. The SMILES string of the molecule is COc1cc(O)ccc1C1C2=CCC3C(=O)N(c4ccc(Cl)cc4)C(=O)C3C2CC2C(=O)C(c3ccccc3)=CC(=O)C21c1ccccc1. The minimum Gasteiger partial charge on any atom is -0.508 e. The fraction of sp³-hybridized carbons (Fsp3) is 0.220. The summed E-state index contributed by atoms with van der Waals surface area (Å²) in [5, 5.41) is 11.0. The number of benzene rings is 4. The van der Waals surface area contributed by atoms with Gasteiger partial charge in [0.05, 0.1) is 30.0 Å². The van der Waals surface area contributed by atoms with Crippen molar-refractivity contribution in [2.75, 3.05) is 12.0 Å². The fourth-order valence-electron chi connectivity index (χ4n) is 9.00. The van der Waals surface area contributed by atoms with Crippen molar-refractivity contribution in [3.8, 4) is 11.5 Å². The van der Waals surface area contributed by atoms with Crippen molar-refractivity contribution in [1.29, 1.82) is 0 Å². The minimum atomic E-state index is -1.39. The molecular weight excluding hydrogens is 638 g/mol. The molecule has 0 radical (unpaired) electrons. The summed E-state index contributed by atoms with van der Waals surface area (Å²) in [4.78, 5) is 59.8. The fourth-order valence-corrected chi connectivity index (χ4v) is 9.13. The summed E-state index contributed by atoms with van der Waals surface area (Å²) in [6, 6.07) is 29.9. The smallest absolute Gasteiger partial charge is 0.238 e. The molecule has 1 N–H and O–H groups in total. The van der Waals surface area contributed by atoms with Gasteiger partial charge in [0.25, 0.3) is 0 Å². The molecule has 0 aromatic heterocycles. The number of allylic oxidation sites excluding steroid dienone is 4. The molecule has 3 aliphatic carbocycles. The number of methoxy groups -OCH3 is 1. The van der Waals surface area contributed by atoms with Crippen molar-refractivity contribution in [3.63, 3.8) is 0 Å². The molecule has 7 nitrogen and oxygen atoms in total. The zero-order chi connectivity index (χ0) is 34.0. The molecule has 6 atom stereocenters. The van der Waals surface area contributed by atoms with Crippen LogP contribution in [-0.4, -0.2) is 35.6 Å². The molecule has 0 bridgehead atoms. The quantitative estimate of drug-likeness (QED) is 0.180. The van der Waals surface area contributed by atoms with Crippen LogP contribution < -0.4 is 9.64 Å². The number of imide groups is 1. The summed E-state index contributed by atoms with van der Waals surface area (Å²) in [6.45, 7) is 0. The predicted molar refractivity (Wildman–Crippen MR) is 185 cm³/mol. The molecule has 0 spiro atoms. The Hall–Kier alpha value is -5.27. The van der Waals surface area contributed by atoms with Crippen LogP contribution in [0.1, 0.15) is 35.4 Å². The normalized spacial score (nSPS) is 27.6. The number of hydrogen-bond donors (Lipinski definition) is 1. The van der Waals surface area contributed by atoms with Crippen LogP contribution in [0.4, 0.5) is 5.69 Å². The summed E-state index contributed by atoms with van der Waals surface area (Å²) in [6.07, 6.45) is 3.99. The molecule has 244 valence electrons. The van der Waals surface area contributed by atoms with Crippen molar-refractivity contribution in [2.24, 2.45) is 23.7 Å². The third-order valence-corrected chi connectivity index (χ3v) is 11.2. The maximum Gasteiger partial charge on any atom is 0.238 e. The number of carbonyl (C=O) groups excluding carboxylic acids is 4. The lowest BCUT2D eigenvalue weighted by atomic mass is 9.44. The van der Waals surface area contributed by atoms with Gasteiger partial charge in [-0.1, -0.05) is 90.0 Å². The summed E-state index contributed by atoms with van der Waals surface area (Å²) in [7, 11) is 1.50. The third-order valence-electron chi connectivity index (χ3n) is 11.0. The van der Waals surface area contributed by atoms with Crippen LogP contribution in [-0.2, 0) is 24.6 Å². The molecule has 1 aliphatic heterocycles. The van der Waals surface area contributed by atoms with E-state index in [0.717, 1.165) is 5.57 Å². The van der Waals surface area contributed by atoms with Gasteiger partial charge in [0, 0.05) is 34.1 Å². The van der Waals surface area contributed by atoms with E-state index < -0.39 is 35.0 Å². The predicted octanol–water partition coefficient (Wildman–Crippen LogP) is 7.08. The van der Waals surface area contributed by atoms with Gasteiger partial charge in [-0.25, -0.2) is 0 Å². The highest BCUT2D eigenvalue weighted by Gasteiger charge is 2.66. The van der Waals surface area contributed by atoms with Gasteiger partial charge in [-0.15, -0.1) is 0 Å². The topological polar surface area (TPSA) is 101 Å². The zero-order valence-corrected chi connectivity index (χ0v) is 27.3. The van der Waals surface area contributed by atoms with Gasteiger partial charge in [0.1, 0.15) is 11.5 Å². The first-order valence-corrected chi connectivity index (χ1v) is 16.7. The lowest BCUT2D eigenvalue weighted by molar-refractivity contribution is -0.135. The molecule has 8 rings (SSSR count). The Morgan fingerprint density at radius 3 is 2.22 bits per heavy atom. The van der Waals surface area contributed by atoms with Crippen molar-refractivity contribution in [1.82, 2.24) is 0 Å². The molecule has 6 unspecified atom stereocenters. The van der Waals surface area contributed by atoms with Gasteiger partial charge in [-0.05, 0) is 66.3 Å². The highest BCUT2D eigenvalue weighted by molar-refractivity contribution is 6.32. The van der Waals surface area contributed by atoms with Crippen LogP contribution in [0.2, 0.25) is 5.02 Å². The number of phenols is 1. The zero-order valence-electron chi connectivity index (χ0n) is 26.6. The molecule has 4 aliphatic rings. The molecule has 2 fully saturated rings. The van der Waals surface area contributed by atoms with Gasteiger partial charge < -0.3 is 9.84 Å². The summed E-state index contributed by atoms with van der Waals surface area (Å²) in [5.41, 5.74) is 2.15. The Morgan fingerprint density at radius 2 is 1.53 bits per heavy atom. The monoisotopic (exact) mass is 669 g/mol. The van der Waals surface area contributed by atoms with E-state index in [9.17, 15) is 14.7 Å². The number of aromatic hydroxyl groups is 1. The first-order valence-electron chi connectivity index (χ1n) is 16.4.